The first-order chi connectivity index (χ1) is 15.4. The summed E-state index contributed by atoms with van der Waals surface area (Å²) in [6, 6.07) is 3.75. The molecule has 1 saturated carbocycles. The molecule has 1 aliphatic rings. The van der Waals surface area contributed by atoms with Gasteiger partial charge in [0.25, 0.3) is 0 Å². The number of carbonyl (C=O) groups is 1. The molecule has 1 aliphatic carbocycles. The van der Waals surface area contributed by atoms with Gasteiger partial charge in [-0.15, -0.1) is 5.10 Å². The maximum Gasteiger partial charge on any atom is 0.306 e. The third-order valence-electron chi connectivity index (χ3n) is 5.87. The second kappa shape index (κ2) is 9.46. The molecule has 0 aliphatic heterocycles. The Morgan fingerprint density at radius 3 is 2.91 bits per heavy atom. The number of hydrogen-bond acceptors (Lipinski definition) is 7. The molecular formula is C22H29N7O3. The number of pyridine rings is 1. The summed E-state index contributed by atoms with van der Waals surface area (Å²) in [7, 11) is 1.84. The summed E-state index contributed by atoms with van der Waals surface area (Å²) in [5.74, 6) is -0.405. The zero-order valence-electron chi connectivity index (χ0n) is 18.7. The fourth-order valence-corrected chi connectivity index (χ4v) is 4.13. The highest BCUT2D eigenvalue weighted by molar-refractivity contribution is 5.70. The van der Waals surface area contributed by atoms with Crippen molar-refractivity contribution >= 4 is 5.97 Å². The molecule has 4 rings (SSSR count). The van der Waals surface area contributed by atoms with Gasteiger partial charge in [0.1, 0.15) is 18.0 Å². The van der Waals surface area contributed by atoms with E-state index in [1.54, 1.807) is 15.7 Å². The molecule has 2 atom stereocenters. The maximum atomic E-state index is 11.3. The fourth-order valence-electron chi connectivity index (χ4n) is 4.13. The van der Waals surface area contributed by atoms with Crippen molar-refractivity contribution in [2.24, 2.45) is 13.0 Å². The zero-order chi connectivity index (χ0) is 22.7. The fraction of sp³-hybridized carbons (Fsp3) is 0.545. The molecule has 170 valence electrons. The molecule has 0 amide bonds. The molecule has 0 unspecified atom stereocenters. The van der Waals surface area contributed by atoms with E-state index in [-0.39, 0.29) is 12.0 Å². The smallest absolute Gasteiger partial charge is 0.306 e. The van der Waals surface area contributed by atoms with E-state index in [0.29, 0.717) is 36.5 Å². The Kier molecular flexibility index (Phi) is 6.48. The van der Waals surface area contributed by atoms with Gasteiger partial charge in [0.05, 0.1) is 41.0 Å². The van der Waals surface area contributed by atoms with Gasteiger partial charge in [0.15, 0.2) is 0 Å². The Bertz CT molecular complexity index is 1090. The first-order valence-electron chi connectivity index (χ1n) is 11.1. The average Bonchev–Trinajstić information content (AvgIpc) is 3.37. The topological polar surface area (TPSA) is 121 Å². The number of nitrogens with zero attached hydrogens (tertiary/aromatic N) is 7. The number of carboxylic acids is 1. The Morgan fingerprint density at radius 2 is 2.16 bits per heavy atom. The van der Waals surface area contributed by atoms with Gasteiger partial charge in [0.2, 0.25) is 0 Å². The van der Waals surface area contributed by atoms with E-state index in [2.05, 4.69) is 27.4 Å². The molecule has 3 aromatic heterocycles. The van der Waals surface area contributed by atoms with E-state index >= 15 is 0 Å². The molecule has 0 saturated heterocycles. The third kappa shape index (κ3) is 4.79. The van der Waals surface area contributed by atoms with Crippen LogP contribution in [-0.4, -0.2) is 52.2 Å². The Morgan fingerprint density at radius 1 is 1.31 bits per heavy atom. The minimum absolute atomic E-state index is 0.105. The van der Waals surface area contributed by atoms with E-state index in [9.17, 15) is 9.90 Å². The lowest BCUT2D eigenvalue weighted by Crippen LogP contribution is -2.29. The highest BCUT2D eigenvalue weighted by Crippen LogP contribution is 2.30. The summed E-state index contributed by atoms with van der Waals surface area (Å²) in [4.78, 5) is 17.7. The van der Waals surface area contributed by atoms with Crippen molar-refractivity contribution < 1.29 is 14.6 Å². The number of rotatable bonds is 8. The summed E-state index contributed by atoms with van der Waals surface area (Å²) >= 11 is 0. The van der Waals surface area contributed by atoms with E-state index in [1.807, 2.05) is 26.1 Å². The van der Waals surface area contributed by atoms with Crippen molar-refractivity contribution in [3.63, 3.8) is 0 Å². The van der Waals surface area contributed by atoms with Crippen molar-refractivity contribution in [2.45, 2.75) is 65.0 Å². The van der Waals surface area contributed by atoms with Gasteiger partial charge in [-0.05, 0) is 51.2 Å². The number of aromatic nitrogens is 7. The van der Waals surface area contributed by atoms with Gasteiger partial charge in [0, 0.05) is 7.05 Å². The largest absolute Gasteiger partial charge is 0.489 e. The van der Waals surface area contributed by atoms with Crippen LogP contribution in [0.25, 0.3) is 11.4 Å². The molecule has 0 aromatic carbocycles. The predicted octanol–water partition coefficient (Wildman–Crippen LogP) is 2.80. The van der Waals surface area contributed by atoms with Gasteiger partial charge in [-0.3, -0.25) is 4.79 Å². The second-order valence-electron chi connectivity index (χ2n) is 8.35. The molecule has 1 fully saturated rings. The first-order valence-corrected chi connectivity index (χ1v) is 11.1. The molecule has 0 radical (unpaired) electrons. The SMILES string of the molecule is CCCc1cnn(Cc2c(-c3ccc(O[C@H]4CCC[C@H](C(=O)O)C4)c(C)n3)nnn2C)n1. The molecule has 1 N–H and O–H groups in total. The predicted molar refractivity (Wildman–Crippen MR) is 116 cm³/mol. The van der Waals surface area contributed by atoms with Crippen LogP contribution in [0.4, 0.5) is 0 Å². The van der Waals surface area contributed by atoms with Gasteiger partial charge in [-0.2, -0.15) is 15.0 Å². The van der Waals surface area contributed by atoms with E-state index in [4.69, 9.17) is 9.72 Å². The number of aryl methyl sites for hydroxylation is 3. The monoisotopic (exact) mass is 439 g/mol. The Labute approximate surface area is 186 Å². The maximum absolute atomic E-state index is 11.3. The number of carboxylic acid groups (broad SMARTS) is 1. The molecular weight excluding hydrogens is 410 g/mol. The van der Waals surface area contributed by atoms with Crippen LogP contribution < -0.4 is 4.74 Å². The van der Waals surface area contributed by atoms with Crippen LogP contribution in [0.3, 0.4) is 0 Å². The van der Waals surface area contributed by atoms with Gasteiger partial charge >= 0.3 is 5.97 Å². The van der Waals surface area contributed by atoms with Crippen LogP contribution >= 0.6 is 0 Å². The number of ether oxygens (including phenoxy) is 1. The Balaban J connectivity index is 1.51. The van der Waals surface area contributed by atoms with Gasteiger partial charge in [-0.1, -0.05) is 18.6 Å². The van der Waals surface area contributed by atoms with E-state index in [1.165, 1.54) is 0 Å². The summed E-state index contributed by atoms with van der Waals surface area (Å²) in [5.41, 5.74) is 3.94. The van der Waals surface area contributed by atoms with Crippen LogP contribution in [0.2, 0.25) is 0 Å². The normalized spacial score (nSPS) is 18.6. The zero-order valence-corrected chi connectivity index (χ0v) is 18.7. The summed E-state index contributed by atoms with van der Waals surface area (Å²) in [6.45, 7) is 4.45. The lowest BCUT2D eigenvalue weighted by molar-refractivity contribution is -0.143. The van der Waals surface area contributed by atoms with Crippen LogP contribution in [0.5, 0.6) is 5.75 Å². The van der Waals surface area contributed by atoms with Gasteiger partial charge < -0.3 is 9.84 Å². The van der Waals surface area contributed by atoms with Crippen molar-refractivity contribution in [1.82, 2.24) is 35.0 Å². The van der Waals surface area contributed by atoms with Crippen molar-refractivity contribution in [1.29, 1.82) is 0 Å². The standard InChI is InChI=1S/C22H29N7O3/c1-4-6-16-12-23-29(26-16)13-19-21(25-27-28(19)3)18-9-10-20(14(2)24-18)32-17-8-5-7-15(11-17)22(30)31/h9-10,12,15,17H,4-8,11,13H2,1-3H3,(H,30,31)/t15-,17-/m0/s1. The Hall–Kier alpha value is -3.30. The summed E-state index contributed by atoms with van der Waals surface area (Å²) < 4.78 is 7.84. The van der Waals surface area contributed by atoms with E-state index in [0.717, 1.165) is 42.8 Å². The van der Waals surface area contributed by atoms with Crippen LogP contribution in [0, 0.1) is 12.8 Å². The highest BCUT2D eigenvalue weighted by atomic mass is 16.5. The molecule has 32 heavy (non-hydrogen) atoms. The van der Waals surface area contributed by atoms with Crippen molar-refractivity contribution in [3.05, 3.63) is 35.4 Å². The average molecular weight is 440 g/mol. The quantitative estimate of drug-likeness (QED) is 0.569. The minimum atomic E-state index is -0.743. The molecule has 10 heteroatoms. The van der Waals surface area contributed by atoms with Gasteiger partial charge in [-0.25, -0.2) is 9.67 Å². The lowest BCUT2D eigenvalue weighted by atomic mass is 9.87. The van der Waals surface area contributed by atoms with Crippen molar-refractivity contribution in [3.8, 4) is 17.1 Å². The minimum Gasteiger partial charge on any atom is -0.489 e. The van der Waals surface area contributed by atoms with Crippen LogP contribution in [0.1, 0.15) is 56.1 Å². The first kappa shape index (κ1) is 21.9. The number of hydrogen-bond donors (Lipinski definition) is 1. The van der Waals surface area contributed by atoms with Crippen molar-refractivity contribution in [2.75, 3.05) is 0 Å². The highest BCUT2D eigenvalue weighted by Gasteiger charge is 2.28. The molecule has 0 bridgehead atoms. The second-order valence-corrected chi connectivity index (χ2v) is 8.35. The molecule has 3 aromatic rings. The third-order valence-corrected chi connectivity index (χ3v) is 5.87. The lowest BCUT2D eigenvalue weighted by Gasteiger charge is -2.27. The van der Waals surface area contributed by atoms with Crippen LogP contribution in [0.15, 0.2) is 18.3 Å². The summed E-state index contributed by atoms with van der Waals surface area (Å²) in [6.07, 6.45) is 6.56. The van der Waals surface area contributed by atoms with Crippen LogP contribution in [-0.2, 0) is 24.8 Å². The molecule has 3 heterocycles. The summed E-state index contributed by atoms with van der Waals surface area (Å²) in [5, 5.41) is 26.7. The molecule has 0 spiro atoms. The van der Waals surface area contributed by atoms with E-state index < -0.39 is 5.97 Å². The molecule has 10 nitrogen and oxygen atoms in total. The number of aliphatic carboxylic acids is 1.